The maximum Gasteiger partial charge on any atom is -0.0108 e. The fraction of sp³-hybridized carbons (Fsp3) is 0.857. The van der Waals surface area contributed by atoms with Crippen LogP contribution in [0.5, 0.6) is 0 Å². The molecule has 0 saturated carbocycles. The lowest BCUT2D eigenvalue weighted by molar-refractivity contribution is 0.187. The predicted octanol–water partition coefficient (Wildman–Crippen LogP) is 4.56. The van der Waals surface area contributed by atoms with Crippen molar-refractivity contribution in [3.63, 3.8) is 0 Å². The molecule has 80 valence electrons. The second-order valence-corrected chi connectivity index (χ2v) is 6.33. The van der Waals surface area contributed by atoms with Gasteiger partial charge in [0.25, 0.3) is 0 Å². The molecule has 0 radical (unpaired) electrons. The highest BCUT2D eigenvalue weighted by molar-refractivity contribution is 5.36. The molecule has 0 heterocycles. The molecule has 0 aliphatic heterocycles. The number of allylic oxidation sites excluding steroid dienone is 2. The van der Waals surface area contributed by atoms with E-state index in [1.807, 2.05) is 0 Å². The fourth-order valence-corrected chi connectivity index (χ4v) is 3.75. The second-order valence-electron chi connectivity index (χ2n) is 6.33. The molecule has 2 aliphatic rings. The van der Waals surface area contributed by atoms with Crippen molar-refractivity contribution in [3.8, 4) is 0 Å². The van der Waals surface area contributed by atoms with Gasteiger partial charge in [-0.05, 0) is 42.4 Å². The Kier molecular flexibility index (Phi) is 2.10. The van der Waals surface area contributed by atoms with E-state index in [1.54, 1.807) is 11.1 Å². The Bertz CT molecular complexity index is 250. The summed E-state index contributed by atoms with van der Waals surface area (Å²) in [5.41, 5.74) is 4.53. The molecule has 0 aromatic carbocycles. The van der Waals surface area contributed by atoms with Gasteiger partial charge in [-0.3, -0.25) is 0 Å². The van der Waals surface area contributed by atoms with E-state index in [1.165, 1.54) is 25.7 Å². The van der Waals surface area contributed by atoms with Crippen molar-refractivity contribution < 1.29 is 0 Å². The van der Waals surface area contributed by atoms with Crippen LogP contribution in [0.4, 0.5) is 0 Å². The highest BCUT2D eigenvalue weighted by atomic mass is 14.5. The van der Waals surface area contributed by atoms with Gasteiger partial charge in [-0.25, -0.2) is 0 Å². The van der Waals surface area contributed by atoms with Crippen LogP contribution in [0.15, 0.2) is 11.1 Å². The monoisotopic (exact) mass is 192 g/mol. The zero-order valence-corrected chi connectivity index (χ0v) is 10.4. The summed E-state index contributed by atoms with van der Waals surface area (Å²) in [5.74, 6) is 0.804. The molecule has 0 spiro atoms. The van der Waals surface area contributed by atoms with Gasteiger partial charge in [0.1, 0.15) is 0 Å². The lowest BCUT2D eigenvalue weighted by Gasteiger charge is -2.35. The van der Waals surface area contributed by atoms with Crippen molar-refractivity contribution in [1.82, 2.24) is 0 Å². The maximum absolute atomic E-state index is 2.45. The van der Waals surface area contributed by atoms with Crippen molar-refractivity contribution in [1.29, 1.82) is 0 Å². The lowest BCUT2D eigenvalue weighted by atomic mass is 9.69. The number of hydrogen-bond donors (Lipinski definition) is 0. The zero-order chi connectivity index (χ0) is 10.6. The van der Waals surface area contributed by atoms with Crippen LogP contribution in [0.1, 0.15) is 60.3 Å². The topological polar surface area (TPSA) is 0 Å². The smallest absolute Gasteiger partial charge is 0.0108 e. The van der Waals surface area contributed by atoms with Crippen molar-refractivity contribution in [2.45, 2.75) is 60.3 Å². The van der Waals surface area contributed by atoms with Gasteiger partial charge >= 0.3 is 0 Å². The minimum Gasteiger partial charge on any atom is -0.0645 e. The largest absolute Gasteiger partial charge is 0.0645 e. The van der Waals surface area contributed by atoms with Gasteiger partial charge in [-0.1, -0.05) is 45.8 Å². The third kappa shape index (κ3) is 1.12. The maximum atomic E-state index is 2.45. The normalized spacial score (nSPS) is 30.6. The highest BCUT2D eigenvalue weighted by Gasteiger charge is 2.49. The average molecular weight is 192 g/mol. The molecule has 0 atom stereocenters. The van der Waals surface area contributed by atoms with Crippen LogP contribution < -0.4 is 0 Å². The molecule has 0 fully saturated rings. The van der Waals surface area contributed by atoms with Gasteiger partial charge < -0.3 is 0 Å². The Morgan fingerprint density at radius 2 is 1.21 bits per heavy atom. The van der Waals surface area contributed by atoms with Crippen LogP contribution in [-0.2, 0) is 0 Å². The van der Waals surface area contributed by atoms with Crippen LogP contribution in [0.2, 0.25) is 0 Å². The summed E-state index contributed by atoms with van der Waals surface area (Å²) in [4.78, 5) is 0. The van der Waals surface area contributed by atoms with Crippen LogP contribution in [0.3, 0.4) is 0 Å². The minimum absolute atomic E-state index is 0.458. The fourth-order valence-electron chi connectivity index (χ4n) is 3.75. The molecule has 0 nitrogen and oxygen atoms in total. The van der Waals surface area contributed by atoms with E-state index >= 15 is 0 Å². The van der Waals surface area contributed by atoms with Crippen molar-refractivity contribution >= 4 is 0 Å². The van der Waals surface area contributed by atoms with E-state index < -0.39 is 0 Å². The Hall–Kier alpha value is -0.260. The first-order valence-electron chi connectivity index (χ1n) is 6.11. The third-order valence-electron chi connectivity index (χ3n) is 5.19. The molecule has 14 heavy (non-hydrogen) atoms. The Morgan fingerprint density at radius 1 is 0.857 bits per heavy atom. The Balaban J connectivity index is 2.49. The quantitative estimate of drug-likeness (QED) is 0.494. The first-order chi connectivity index (χ1) is 6.38. The second kappa shape index (κ2) is 2.87. The summed E-state index contributed by atoms with van der Waals surface area (Å²) in [6, 6.07) is 0. The van der Waals surface area contributed by atoms with E-state index in [2.05, 4.69) is 34.6 Å². The average Bonchev–Trinajstić information content (AvgIpc) is 2.28. The molecule has 0 aromatic heterocycles. The van der Waals surface area contributed by atoms with Gasteiger partial charge in [0.2, 0.25) is 0 Å². The molecule has 2 aliphatic carbocycles. The van der Waals surface area contributed by atoms with Crippen LogP contribution in [-0.4, -0.2) is 0 Å². The summed E-state index contributed by atoms with van der Waals surface area (Å²) in [7, 11) is 0. The molecule has 0 bridgehead atoms. The lowest BCUT2D eigenvalue weighted by Crippen LogP contribution is -2.27. The predicted molar refractivity (Wildman–Crippen MR) is 62.2 cm³/mol. The van der Waals surface area contributed by atoms with Crippen LogP contribution >= 0.6 is 0 Å². The molecule has 2 rings (SSSR count). The SMILES string of the molecule is CC1C(C)(C)C2=C(CCCC2)C1(C)C. The van der Waals surface area contributed by atoms with Gasteiger partial charge in [-0.15, -0.1) is 0 Å². The highest BCUT2D eigenvalue weighted by Crippen LogP contribution is 2.60. The summed E-state index contributed by atoms with van der Waals surface area (Å²) in [5, 5.41) is 0. The van der Waals surface area contributed by atoms with Gasteiger partial charge in [0, 0.05) is 0 Å². The summed E-state index contributed by atoms with van der Waals surface area (Å²) >= 11 is 0. The molecule has 0 unspecified atom stereocenters. The van der Waals surface area contributed by atoms with E-state index in [9.17, 15) is 0 Å². The van der Waals surface area contributed by atoms with Crippen molar-refractivity contribution in [2.24, 2.45) is 16.7 Å². The standard InChI is InChI=1S/C14H24/c1-10-13(2,3)11-8-6-7-9-12(11)14(10,4)5/h10H,6-9H2,1-5H3. The van der Waals surface area contributed by atoms with Gasteiger partial charge in [0.15, 0.2) is 0 Å². The van der Waals surface area contributed by atoms with E-state index in [0.29, 0.717) is 10.8 Å². The molecule has 0 amide bonds. The third-order valence-corrected chi connectivity index (χ3v) is 5.19. The summed E-state index contributed by atoms with van der Waals surface area (Å²) < 4.78 is 0. The Labute approximate surface area is 88.8 Å². The molecule has 0 N–H and O–H groups in total. The minimum atomic E-state index is 0.458. The molecule has 0 heteroatoms. The van der Waals surface area contributed by atoms with Gasteiger partial charge in [-0.2, -0.15) is 0 Å². The van der Waals surface area contributed by atoms with Gasteiger partial charge in [0.05, 0.1) is 0 Å². The van der Waals surface area contributed by atoms with E-state index in [-0.39, 0.29) is 0 Å². The van der Waals surface area contributed by atoms with Crippen molar-refractivity contribution in [3.05, 3.63) is 11.1 Å². The number of hydrogen-bond acceptors (Lipinski definition) is 0. The summed E-state index contributed by atoms with van der Waals surface area (Å²) in [6.07, 6.45) is 5.59. The molecular weight excluding hydrogens is 168 g/mol. The first kappa shape index (κ1) is 10.3. The first-order valence-corrected chi connectivity index (χ1v) is 6.11. The molecule has 0 saturated heterocycles. The van der Waals surface area contributed by atoms with Crippen molar-refractivity contribution in [2.75, 3.05) is 0 Å². The molecular formula is C14H24. The van der Waals surface area contributed by atoms with E-state index in [0.717, 1.165) is 5.92 Å². The van der Waals surface area contributed by atoms with Crippen LogP contribution in [0.25, 0.3) is 0 Å². The number of rotatable bonds is 0. The zero-order valence-electron chi connectivity index (χ0n) is 10.4. The molecule has 0 aromatic rings. The van der Waals surface area contributed by atoms with E-state index in [4.69, 9.17) is 0 Å². The Morgan fingerprint density at radius 3 is 1.57 bits per heavy atom. The van der Waals surface area contributed by atoms with Crippen LogP contribution in [0, 0.1) is 16.7 Å². The summed E-state index contributed by atoms with van der Waals surface area (Å²) in [6.45, 7) is 12.2.